The highest BCUT2D eigenvalue weighted by Crippen LogP contribution is 2.24. The van der Waals surface area contributed by atoms with Gasteiger partial charge in [-0.3, -0.25) is 9.59 Å². The fourth-order valence-electron chi connectivity index (χ4n) is 3.83. The van der Waals surface area contributed by atoms with Gasteiger partial charge in [0.2, 0.25) is 11.8 Å². The maximum Gasteiger partial charge on any atom is 0.225 e. The molecule has 1 atom stereocenters. The number of ether oxygens (including phenoxy) is 1. The summed E-state index contributed by atoms with van der Waals surface area (Å²) in [6.45, 7) is 5.18. The zero-order chi connectivity index (χ0) is 19.4. The molecule has 0 saturated carbocycles. The number of hydrogen-bond acceptors (Lipinski definition) is 3. The maximum absolute atomic E-state index is 12.5. The average molecular weight is 368 g/mol. The summed E-state index contributed by atoms with van der Waals surface area (Å²) in [6, 6.07) is 12.3. The van der Waals surface area contributed by atoms with Crippen molar-refractivity contribution < 1.29 is 14.3 Å². The van der Waals surface area contributed by atoms with Crippen molar-refractivity contribution in [1.29, 1.82) is 0 Å². The summed E-state index contributed by atoms with van der Waals surface area (Å²) in [5.41, 5.74) is 1.04. The van der Waals surface area contributed by atoms with Gasteiger partial charge in [0.1, 0.15) is 5.75 Å². The molecule has 5 heteroatoms. The molecule has 1 fully saturated rings. The molecule has 2 amide bonds. The highest BCUT2D eigenvalue weighted by atomic mass is 16.5. The Hall–Kier alpha value is -2.56. The van der Waals surface area contributed by atoms with Crippen molar-refractivity contribution in [1.82, 2.24) is 10.2 Å². The van der Waals surface area contributed by atoms with Crippen LogP contribution >= 0.6 is 0 Å². The number of hydrogen-bond donors (Lipinski definition) is 1. The second-order valence-electron chi connectivity index (χ2n) is 7.18. The SMILES string of the molecule is CCC(CC)N1CC(C(=O)NCc2ccc3cc(OC)ccc3c2)CC1=O. The van der Waals surface area contributed by atoms with Crippen LogP contribution in [-0.4, -0.2) is 36.4 Å². The van der Waals surface area contributed by atoms with E-state index in [2.05, 4.69) is 25.2 Å². The lowest BCUT2D eigenvalue weighted by atomic mass is 10.1. The van der Waals surface area contributed by atoms with Crippen LogP contribution in [0.2, 0.25) is 0 Å². The molecule has 1 heterocycles. The van der Waals surface area contributed by atoms with E-state index in [1.165, 1.54) is 0 Å². The molecule has 1 unspecified atom stereocenters. The summed E-state index contributed by atoms with van der Waals surface area (Å²) in [5.74, 6) is 0.648. The van der Waals surface area contributed by atoms with E-state index in [4.69, 9.17) is 4.74 Å². The normalized spacial score (nSPS) is 17.0. The first kappa shape index (κ1) is 19.2. The first-order chi connectivity index (χ1) is 13.0. The molecular formula is C22H28N2O3. The van der Waals surface area contributed by atoms with Gasteiger partial charge in [0.25, 0.3) is 0 Å². The van der Waals surface area contributed by atoms with Crippen molar-refractivity contribution in [3.8, 4) is 5.75 Å². The van der Waals surface area contributed by atoms with E-state index in [9.17, 15) is 9.59 Å². The summed E-state index contributed by atoms with van der Waals surface area (Å²) >= 11 is 0. The zero-order valence-corrected chi connectivity index (χ0v) is 16.3. The van der Waals surface area contributed by atoms with Gasteiger partial charge in [0.05, 0.1) is 13.0 Å². The van der Waals surface area contributed by atoms with Gasteiger partial charge in [-0.2, -0.15) is 0 Å². The van der Waals surface area contributed by atoms with E-state index in [0.717, 1.165) is 34.9 Å². The van der Waals surface area contributed by atoms with E-state index in [0.29, 0.717) is 19.5 Å². The van der Waals surface area contributed by atoms with Gasteiger partial charge >= 0.3 is 0 Å². The number of nitrogens with zero attached hydrogens (tertiary/aromatic N) is 1. The Morgan fingerprint density at radius 3 is 2.59 bits per heavy atom. The largest absolute Gasteiger partial charge is 0.497 e. The Morgan fingerprint density at radius 1 is 1.19 bits per heavy atom. The molecule has 2 aromatic carbocycles. The third-order valence-corrected chi connectivity index (χ3v) is 5.49. The molecular weight excluding hydrogens is 340 g/mol. The van der Waals surface area contributed by atoms with Gasteiger partial charge < -0.3 is 15.0 Å². The number of rotatable bonds is 7. The number of fused-ring (bicyclic) bond motifs is 1. The smallest absolute Gasteiger partial charge is 0.225 e. The fourth-order valence-corrected chi connectivity index (χ4v) is 3.83. The zero-order valence-electron chi connectivity index (χ0n) is 16.3. The van der Waals surface area contributed by atoms with Crippen LogP contribution in [0, 0.1) is 5.92 Å². The van der Waals surface area contributed by atoms with Crippen LogP contribution in [0.1, 0.15) is 38.7 Å². The first-order valence-electron chi connectivity index (χ1n) is 9.69. The van der Waals surface area contributed by atoms with Gasteiger partial charge in [0, 0.05) is 25.6 Å². The Labute approximate surface area is 160 Å². The minimum atomic E-state index is -0.247. The van der Waals surface area contributed by atoms with Gasteiger partial charge in [-0.05, 0) is 47.4 Å². The average Bonchev–Trinajstić information content (AvgIpc) is 3.08. The molecule has 0 aromatic heterocycles. The summed E-state index contributed by atoms with van der Waals surface area (Å²) in [4.78, 5) is 26.7. The molecule has 0 aliphatic carbocycles. The van der Waals surface area contributed by atoms with E-state index >= 15 is 0 Å². The molecule has 0 bridgehead atoms. The molecule has 144 valence electrons. The highest BCUT2D eigenvalue weighted by Gasteiger charge is 2.36. The minimum Gasteiger partial charge on any atom is -0.497 e. The summed E-state index contributed by atoms with van der Waals surface area (Å²) in [5, 5.41) is 5.21. The predicted octanol–water partition coefficient (Wildman–Crippen LogP) is 3.50. The molecule has 27 heavy (non-hydrogen) atoms. The molecule has 1 aliphatic rings. The molecule has 1 aliphatic heterocycles. The van der Waals surface area contributed by atoms with Crippen molar-refractivity contribution in [3.63, 3.8) is 0 Å². The second kappa shape index (κ2) is 8.42. The van der Waals surface area contributed by atoms with Gasteiger partial charge in [0.15, 0.2) is 0 Å². The molecule has 3 rings (SSSR count). The lowest BCUT2D eigenvalue weighted by molar-refractivity contribution is -0.130. The van der Waals surface area contributed by atoms with Gasteiger partial charge in [-0.1, -0.05) is 32.0 Å². The van der Waals surface area contributed by atoms with E-state index < -0.39 is 0 Å². The predicted molar refractivity (Wildman–Crippen MR) is 107 cm³/mol. The number of methoxy groups -OCH3 is 1. The van der Waals surface area contributed by atoms with Crippen LogP contribution in [0.4, 0.5) is 0 Å². The van der Waals surface area contributed by atoms with Crippen LogP contribution in [0.5, 0.6) is 5.75 Å². The van der Waals surface area contributed by atoms with Crippen molar-refractivity contribution >= 4 is 22.6 Å². The third kappa shape index (κ3) is 4.24. The lowest BCUT2D eigenvalue weighted by Crippen LogP contribution is -2.37. The Bertz CT molecular complexity index is 829. The molecule has 5 nitrogen and oxygen atoms in total. The number of carbonyl (C=O) groups excluding carboxylic acids is 2. The molecule has 1 N–H and O–H groups in total. The number of carbonyl (C=O) groups is 2. The molecule has 0 spiro atoms. The maximum atomic E-state index is 12.5. The first-order valence-corrected chi connectivity index (χ1v) is 9.69. The van der Waals surface area contributed by atoms with E-state index in [1.54, 1.807) is 7.11 Å². The van der Waals surface area contributed by atoms with E-state index in [-0.39, 0.29) is 23.8 Å². The topological polar surface area (TPSA) is 58.6 Å². The van der Waals surface area contributed by atoms with Gasteiger partial charge in [-0.15, -0.1) is 0 Å². The standard InChI is InChI=1S/C22H28N2O3/c1-4-19(5-2)24-14-18(12-21(24)25)22(26)23-13-15-6-7-17-11-20(27-3)9-8-16(17)10-15/h6-11,18-19H,4-5,12-14H2,1-3H3,(H,23,26). The van der Waals surface area contributed by atoms with Crippen molar-refractivity contribution in [3.05, 3.63) is 42.0 Å². The number of likely N-dealkylation sites (tertiary alicyclic amines) is 1. The van der Waals surface area contributed by atoms with Gasteiger partial charge in [-0.25, -0.2) is 0 Å². The fraction of sp³-hybridized carbons (Fsp3) is 0.455. The number of benzene rings is 2. The second-order valence-corrected chi connectivity index (χ2v) is 7.18. The molecule has 2 aromatic rings. The van der Waals surface area contributed by atoms with Crippen LogP contribution in [0.3, 0.4) is 0 Å². The Balaban J connectivity index is 1.60. The Morgan fingerprint density at radius 2 is 1.89 bits per heavy atom. The third-order valence-electron chi connectivity index (χ3n) is 5.49. The number of amides is 2. The summed E-state index contributed by atoms with van der Waals surface area (Å²) in [7, 11) is 1.66. The Kier molecular flexibility index (Phi) is 5.99. The lowest BCUT2D eigenvalue weighted by Gasteiger charge is -2.26. The molecule has 1 saturated heterocycles. The van der Waals surface area contributed by atoms with Crippen molar-refractivity contribution in [2.75, 3.05) is 13.7 Å². The molecule has 0 radical (unpaired) electrons. The highest BCUT2D eigenvalue weighted by molar-refractivity contribution is 5.89. The monoisotopic (exact) mass is 368 g/mol. The summed E-state index contributed by atoms with van der Waals surface area (Å²) < 4.78 is 5.25. The summed E-state index contributed by atoms with van der Waals surface area (Å²) in [6.07, 6.45) is 2.18. The quantitative estimate of drug-likeness (QED) is 0.814. The van der Waals surface area contributed by atoms with Crippen molar-refractivity contribution in [2.45, 2.75) is 45.7 Å². The van der Waals surface area contributed by atoms with Crippen LogP contribution in [0.15, 0.2) is 36.4 Å². The van der Waals surface area contributed by atoms with Crippen LogP contribution < -0.4 is 10.1 Å². The van der Waals surface area contributed by atoms with Crippen LogP contribution in [0.25, 0.3) is 10.8 Å². The van der Waals surface area contributed by atoms with Crippen molar-refractivity contribution in [2.24, 2.45) is 5.92 Å². The van der Waals surface area contributed by atoms with Crippen LogP contribution in [-0.2, 0) is 16.1 Å². The minimum absolute atomic E-state index is 0.0355. The van der Waals surface area contributed by atoms with E-state index in [1.807, 2.05) is 35.2 Å². The number of nitrogens with one attached hydrogen (secondary N) is 1.